The predicted molar refractivity (Wildman–Crippen MR) is 88.3 cm³/mol. The van der Waals surface area contributed by atoms with Gasteiger partial charge in [0.05, 0.1) is 5.92 Å². The maximum atomic E-state index is 13.0. The molecule has 2 rings (SSSR count). The standard InChI is InChI=1S/C18H32N2O2/c1-5-10-19(12-15-6-7-15)18(22)16-8-9-17(21)20(14(16)4)11-13(2)3/h13-16H,5-12H2,1-4H3/t14-,16-/m1/s1. The van der Waals surface area contributed by atoms with Crippen molar-refractivity contribution in [2.75, 3.05) is 19.6 Å². The van der Waals surface area contributed by atoms with Crippen LogP contribution in [0, 0.1) is 17.8 Å². The Morgan fingerprint density at radius 2 is 2.00 bits per heavy atom. The molecule has 1 aliphatic heterocycles. The van der Waals surface area contributed by atoms with E-state index in [4.69, 9.17) is 0 Å². The predicted octanol–water partition coefficient (Wildman–Crippen LogP) is 2.92. The van der Waals surface area contributed by atoms with E-state index in [0.717, 1.165) is 38.4 Å². The van der Waals surface area contributed by atoms with Crippen LogP contribution in [0.2, 0.25) is 0 Å². The van der Waals surface area contributed by atoms with Crippen LogP contribution in [0.4, 0.5) is 0 Å². The molecule has 4 nitrogen and oxygen atoms in total. The van der Waals surface area contributed by atoms with Gasteiger partial charge in [-0.15, -0.1) is 0 Å². The van der Waals surface area contributed by atoms with Crippen LogP contribution < -0.4 is 0 Å². The third-order valence-electron chi connectivity index (χ3n) is 4.92. The maximum absolute atomic E-state index is 13.0. The first-order valence-corrected chi connectivity index (χ1v) is 9.02. The number of likely N-dealkylation sites (tertiary alicyclic amines) is 1. The minimum Gasteiger partial charge on any atom is -0.342 e. The van der Waals surface area contributed by atoms with Crippen LogP contribution in [0.3, 0.4) is 0 Å². The molecule has 2 aliphatic rings. The Morgan fingerprint density at radius 1 is 1.32 bits per heavy atom. The van der Waals surface area contributed by atoms with Gasteiger partial charge in [-0.2, -0.15) is 0 Å². The maximum Gasteiger partial charge on any atom is 0.227 e. The van der Waals surface area contributed by atoms with Gasteiger partial charge >= 0.3 is 0 Å². The fourth-order valence-corrected chi connectivity index (χ4v) is 3.51. The fourth-order valence-electron chi connectivity index (χ4n) is 3.51. The Bertz CT molecular complexity index is 404. The van der Waals surface area contributed by atoms with Crippen LogP contribution in [0.15, 0.2) is 0 Å². The van der Waals surface area contributed by atoms with E-state index in [2.05, 4.69) is 32.6 Å². The zero-order chi connectivity index (χ0) is 16.3. The highest BCUT2D eigenvalue weighted by Gasteiger charge is 2.39. The average molecular weight is 308 g/mol. The Balaban J connectivity index is 2.04. The molecule has 1 saturated heterocycles. The van der Waals surface area contributed by atoms with E-state index in [9.17, 15) is 9.59 Å². The largest absolute Gasteiger partial charge is 0.342 e. The highest BCUT2D eigenvalue weighted by molar-refractivity contribution is 5.84. The fraction of sp³-hybridized carbons (Fsp3) is 0.889. The summed E-state index contributed by atoms with van der Waals surface area (Å²) in [7, 11) is 0. The Labute approximate surface area is 135 Å². The molecule has 1 aliphatic carbocycles. The molecule has 0 aromatic rings. The Hall–Kier alpha value is -1.06. The first-order chi connectivity index (χ1) is 10.4. The first-order valence-electron chi connectivity index (χ1n) is 9.02. The molecular formula is C18H32N2O2. The summed E-state index contributed by atoms with van der Waals surface area (Å²) in [5, 5.41) is 0. The van der Waals surface area contributed by atoms with Crippen molar-refractivity contribution >= 4 is 11.8 Å². The summed E-state index contributed by atoms with van der Waals surface area (Å²) in [6.45, 7) is 11.0. The molecule has 1 heterocycles. The van der Waals surface area contributed by atoms with Gasteiger partial charge in [-0.05, 0) is 44.4 Å². The van der Waals surface area contributed by atoms with Crippen LogP contribution in [-0.2, 0) is 9.59 Å². The third-order valence-corrected chi connectivity index (χ3v) is 4.92. The number of carbonyl (C=O) groups is 2. The second-order valence-corrected chi connectivity index (χ2v) is 7.55. The molecule has 0 spiro atoms. The van der Waals surface area contributed by atoms with Crippen molar-refractivity contribution in [1.82, 2.24) is 9.80 Å². The van der Waals surface area contributed by atoms with Crippen molar-refractivity contribution < 1.29 is 9.59 Å². The van der Waals surface area contributed by atoms with Gasteiger partial charge in [0.15, 0.2) is 0 Å². The lowest BCUT2D eigenvalue weighted by molar-refractivity contribution is -0.147. The van der Waals surface area contributed by atoms with Gasteiger partial charge in [0.2, 0.25) is 11.8 Å². The molecule has 0 radical (unpaired) electrons. The first kappa shape index (κ1) is 17.3. The summed E-state index contributed by atoms with van der Waals surface area (Å²) in [4.78, 5) is 29.2. The highest BCUT2D eigenvalue weighted by Crippen LogP contribution is 2.32. The second kappa shape index (κ2) is 7.47. The van der Waals surface area contributed by atoms with Crippen LogP contribution in [-0.4, -0.2) is 47.3 Å². The van der Waals surface area contributed by atoms with E-state index in [1.807, 2.05) is 4.90 Å². The van der Waals surface area contributed by atoms with Gasteiger partial charge < -0.3 is 9.80 Å². The molecule has 0 aromatic heterocycles. The molecule has 0 aromatic carbocycles. The lowest BCUT2D eigenvalue weighted by Crippen LogP contribution is -2.53. The van der Waals surface area contributed by atoms with E-state index in [-0.39, 0.29) is 23.8 Å². The zero-order valence-corrected chi connectivity index (χ0v) is 14.7. The smallest absolute Gasteiger partial charge is 0.227 e. The van der Waals surface area contributed by atoms with Crippen molar-refractivity contribution in [3.63, 3.8) is 0 Å². The van der Waals surface area contributed by atoms with Gasteiger partial charge in [0, 0.05) is 32.1 Å². The van der Waals surface area contributed by atoms with E-state index in [1.54, 1.807) is 0 Å². The topological polar surface area (TPSA) is 40.6 Å². The zero-order valence-electron chi connectivity index (χ0n) is 14.7. The Morgan fingerprint density at radius 3 is 2.55 bits per heavy atom. The number of hydrogen-bond acceptors (Lipinski definition) is 2. The van der Waals surface area contributed by atoms with Crippen molar-refractivity contribution in [2.24, 2.45) is 17.8 Å². The normalized spacial score (nSPS) is 25.7. The number of piperidine rings is 1. The molecule has 0 bridgehead atoms. The summed E-state index contributed by atoms with van der Waals surface area (Å²) in [5.41, 5.74) is 0. The van der Waals surface area contributed by atoms with Gasteiger partial charge in [-0.25, -0.2) is 0 Å². The summed E-state index contributed by atoms with van der Waals surface area (Å²) in [6.07, 6.45) is 4.79. The summed E-state index contributed by atoms with van der Waals surface area (Å²) < 4.78 is 0. The van der Waals surface area contributed by atoms with E-state index < -0.39 is 0 Å². The summed E-state index contributed by atoms with van der Waals surface area (Å²) in [5.74, 6) is 1.65. The minimum atomic E-state index is -0.0123. The molecule has 0 unspecified atom stereocenters. The highest BCUT2D eigenvalue weighted by atomic mass is 16.2. The van der Waals surface area contributed by atoms with Crippen LogP contribution in [0.1, 0.15) is 59.8 Å². The van der Waals surface area contributed by atoms with Gasteiger partial charge in [-0.3, -0.25) is 9.59 Å². The molecule has 22 heavy (non-hydrogen) atoms. The lowest BCUT2D eigenvalue weighted by Gasteiger charge is -2.41. The SMILES string of the molecule is CCCN(CC1CC1)C(=O)[C@@H]1CCC(=O)N(CC(C)C)[C@@H]1C. The van der Waals surface area contributed by atoms with E-state index in [1.165, 1.54) is 12.8 Å². The average Bonchev–Trinajstić information content (AvgIpc) is 3.26. The van der Waals surface area contributed by atoms with Crippen LogP contribution >= 0.6 is 0 Å². The Kier molecular flexibility index (Phi) is 5.87. The van der Waals surface area contributed by atoms with Crippen molar-refractivity contribution in [3.05, 3.63) is 0 Å². The number of rotatable bonds is 7. The molecule has 0 N–H and O–H groups in total. The quantitative estimate of drug-likeness (QED) is 0.725. The van der Waals surface area contributed by atoms with Crippen LogP contribution in [0.5, 0.6) is 0 Å². The molecular weight excluding hydrogens is 276 g/mol. The molecule has 126 valence electrons. The van der Waals surface area contributed by atoms with E-state index >= 15 is 0 Å². The molecule has 1 saturated carbocycles. The molecule has 2 fully saturated rings. The lowest BCUT2D eigenvalue weighted by atomic mass is 9.87. The van der Waals surface area contributed by atoms with Crippen LogP contribution in [0.25, 0.3) is 0 Å². The summed E-state index contributed by atoms with van der Waals surface area (Å²) >= 11 is 0. The van der Waals surface area contributed by atoms with Crippen molar-refractivity contribution in [2.45, 2.75) is 65.8 Å². The molecule has 2 atom stereocenters. The van der Waals surface area contributed by atoms with Gasteiger partial charge in [-0.1, -0.05) is 20.8 Å². The number of carbonyl (C=O) groups excluding carboxylic acids is 2. The number of amides is 2. The van der Waals surface area contributed by atoms with Crippen molar-refractivity contribution in [3.8, 4) is 0 Å². The van der Waals surface area contributed by atoms with Gasteiger partial charge in [0.25, 0.3) is 0 Å². The molecule has 4 heteroatoms. The summed E-state index contributed by atoms with van der Waals surface area (Å²) in [6, 6.07) is 0.0368. The molecule has 2 amide bonds. The number of hydrogen-bond donors (Lipinski definition) is 0. The second-order valence-electron chi connectivity index (χ2n) is 7.55. The van der Waals surface area contributed by atoms with Gasteiger partial charge in [0.1, 0.15) is 0 Å². The van der Waals surface area contributed by atoms with Crippen molar-refractivity contribution in [1.29, 1.82) is 0 Å². The third kappa shape index (κ3) is 4.23. The number of nitrogens with zero attached hydrogens (tertiary/aromatic N) is 2. The van der Waals surface area contributed by atoms with E-state index in [0.29, 0.717) is 12.3 Å². The minimum absolute atomic E-state index is 0.0123. The monoisotopic (exact) mass is 308 g/mol.